The van der Waals surface area contributed by atoms with Gasteiger partial charge in [-0.3, -0.25) is 9.69 Å². The highest BCUT2D eigenvalue weighted by molar-refractivity contribution is 5.92. The van der Waals surface area contributed by atoms with Crippen molar-refractivity contribution in [2.24, 2.45) is 0 Å². The van der Waals surface area contributed by atoms with E-state index in [1.807, 2.05) is 19.1 Å². The summed E-state index contributed by atoms with van der Waals surface area (Å²) in [7, 11) is 0. The predicted octanol–water partition coefficient (Wildman–Crippen LogP) is 1.62. The zero-order valence-electron chi connectivity index (χ0n) is 13.2. The third kappa shape index (κ3) is 4.02. The van der Waals surface area contributed by atoms with E-state index in [1.54, 1.807) is 6.07 Å². The topological polar surface area (TPSA) is 54.5 Å². The number of ether oxygens (including phenoxy) is 1. The summed E-state index contributed by atoms with van der Waals surface area (Å²) in [6.45, 7) is 10.2. The van der Waals surface area contributed by atoms with Gasteiger partial charge in [0.15, 0.2) is 0 Å². The van der Waals surface area contributed by atoms with Crippen LogP contribution in [0.5, 0.6) is 0 Å². The first-order valence-electron chi connectivity index (χ1n) is 7.60. The van der Waals surface area contributed by atoms with Crippen molar-refractivity contribution in [2.45, 2.75) is 32.7 Å². The van der Waals surface area contributed by atoms with E-state index in [-0.39, 0.29) is 11.4 Å². The lowest BCUT2D eigenvalue weighted by atomic mass is 9.95. The quantitative estimate of drug-likeness (QED) is 0.895. The van der Waals surface area contributed by atoms with E-state index in [2.05, 4.69) is 29.0 Å². The lowest BCUT2D eigenvalue weighted by Crippen LogP contribution is -2.56. The summed E-state index contributed by atoms with van der Waals surface area (Å²) >= 11 is 0. The fourth-order valence-electron chi connectivity index (χ4n) is 2.59. The van der Waals surface area contributed by atoms with E-state index in [0.29, 0.717) is 12.2 Å². The third-order valence-corrected chi connectivity index (χ3v) is 4.29. The predicted molar refractivity (Wildman–Crippen MR) is 82.4 cm³/mol. The zero-order chi connectivity index (χ0) is 15.3. The van der Waals surface area contributed by atoms with E-state index >= 15 is 0 Å². The summed E-state index contributed by atoms with van der Waals surface area (Å²) in [6, 6.07) is 5.50. The smallest absolute Gasteiger partial charge is 0.269 e. The van der Waals surface area contributed by atoms with Gasteiger partial charge in [0.1, 0.15) is 5.69 Å². The first-order valence-corrected chi connectivity index (χ1v) is 7.60. The average Bonchev–Trinajstić information content (AvgIpc) is 2.53. The summed E-state index contributed by atoms with van der Waals surface area (Å²) in [5.74, 6) is -0.105. The molecule has 0 saturated carbocycles. The SMILES string of the molecule is CC[C@](C)(CNC(=O)c1cccc(C)n1)N1CCOCC1. The van der Waals surface area contributed by atoms with Crippen molar-refractivity contribution in [1.29, 1.82) is 0 Å². The largest absolute Gasteiger partial charge is 0.379 e. The van der Waals surface area contributed by atoms with Crippen molar-refractivity contribution in [1.82, 2.24) is 15.2 Å². The molecule has 0 unspecified atom stereocenters. The Bertz CT molecular complexity index is 486. The maximum absolute atomic E-state index is 12.2. The van der Waals surface area contributed by atoms with Gasteiger partial charge in [-0.05, 0) is 32.4 Å². The molecule has 0 aromatic carbocycles. The highest BCUT2D eigenvalue weighted by atomic mass is 16.5. The molecule has 2 heterocycles. The number of carbonyl (C=O) groups excluding carboxylic acids is 1. The molecule has 0 spiro atoms. The summed E-state index contributed by atoms with van der Waals surface area (Å²) in [4.78, 5) is 18.9. The lowest BCUT2D eigenvalue weighted by Gasteiger charge is -2.43. The van der Waals surface area contributed by atoms with Gasteiger partial charge in [-0.25, -0.2) is 4.98 Å². The second kappa shape index (κ2) is 7.00. The molecule has 1 aromatic rings. The van der Waals surface area contributed by atoms with Gasteiger partial charge in [0.2, 0.25) is 0 Å². The van der Waals surface area contributed by atoms with Crippen LogP contribution in [0, 0.1) is 6.92 Å². The Kier molecular flexibility index (Phi) is 5.31. The minimum Gasteiger partial charge on any atom is -0.379 e. The molecule has 5 nitrogen and oxygen atoms in total. The number of rotatable bonds is 5. The number of aromatic nitrogens is 1. The van der Waals surface area contributed by atoms with Crippen LogP contribution in [0.1, 0.15) is 36.5 Å². The molecule has 1 fully saturated rings. The highest BCUT2D eigenvalue weighted by Crippen LogP contribution is 2.20. The molecule has 2 rings (SSSR count). The van der Waals surface area contributed by atoms with Gasteiger partial charge >= 0.3 is 0 Å². The number of carbonyl (C=O) groups is 1. The minimum absolute atomic E-state index is 0.0384. The molecule has 1 amide bonds. The van der Waals surface area contributed by atoms with Crippen molar-refractivity contribution < 1.29 is 9.53 Å². The van der Waals surface area contributed by atoms with Crippen LogP contribution in [-0.2, 0) is 4.74 Å². The molecule has 1 aliphatic heterocycles. The van der Waals surface area contributed by atoms with Crippen molar-refractivity contribution >= 4 is 5.91 Å². The number of nitrogens with zero attached hydrogens (tertiary/aromatic N) is 2. The van der Waals surface area contributed by atoms with Gasteiger partial charge in [0.05, 0.1) is 13.2 Å². The van der Waals surface area contributed by atoms with Crippen molar-refractivity contribution in [3.63, 3.8) is 0 Å². The van der Waals surface area contributed by atoms with Crippen molar-refractivity contribution in [2.75, 3.05) is 32.8 Å². The van der Waals surface area contributed by atoms with Crippen LogP contribution in [0.25, 0.3) is 0 Å². The summed E-state index contributed by atoms with van der Waals surface area (Å²) in [5.41, 5.74) is 1.30. The second-order valence-corrected chi connectivity index (χ2v) is 5.80. The maximum Gasteiger partial charge on any atom is 0.269 e. The van der Waals surface area contributed by atoms with Gasteiger partial charge in [0, 0.05) is 30.9 Å². The number of amides is 1. The normalized spacial score (nSPS) is 19.0. The lowest BCUT2D eigenvalue weighted by molar-refractivity contribution is -0.0169. The Labute approximate surface area is 126 Å². The number of morpholine rings is 1. The molecule has 0 radical (unpaired) electrons. The van der Waals surface area contributed by atoms with Gasteiger partial charge in [-0.2, -0.15) is 0 Å². The van der Waals surface area contributed by atoms with Crippen LogP contribution in [-0.4, -0.2) is 54.2 Å². The molecule has 5 heteroatoms. The molecule has 21 heavy (non-hydrogen) atoms. The maximum atomic E-state index is 12.2. The van der Waals surface area contributed by atoms with Gasteiger partial charge < -0.3 is 10.1 Å². The van der Waals surface area contributed by atoms with Gasteiger partial charge in [-0.1, -0.05) is 13.0 Å². The van der Waals surface area contributed by atoms with E-state index in [4.69, 9.17) is 4.74 Å². The van der Waals surface area contributed by atoms with E-state index < -0.39 is 0 Å². The fourth-order valence-corrected chi connectivity index (χ4v) is 2.59. The third-order valence-electron chi connectivity index (χ3n) is 4.29. The molecule has 1 aliphatic rings. The molecular weight excluding hydrogens is 266 g/mol. The van der Waals surface area contributed by atoms with Crippen LogP contribution in [0.15, 0.2) is 18.2 Å². The molecule has 1 N–H and O–H groups in total. The molecule has 1 saturated heterocycles. The number of nitrogens with one attached hydrogen (secondary N) is 1. The molecular formula is C16H25N3O2. The van der Waals surface area contributed by atoms with Crippen molar-refractivity contribution in [3.05, 3.63) is 29.6 Å². The Morgan fingerprint density at radius 3 is 2.76 bits per heavy atom. The van der Waals surface area contributed by atoms with E-state index in [1.165, 1.54) is 0 Å². The van der Waals surface area contributed by atoms with Crippen LogP contribution >= 0.6 is 0 Å². The number of hydrogen-bond acceptors (Lipinski definition) is 4. The Hall–Kier alpha value is -1.46. The van der Waals surface area contributed by atoms with Gasteiger partial charge in [-0.15, -0.1) is 0 Å². The standard InChI is InChI=1S/C16H25N3O2/c1-4-16(3,19-8-10-21-11-9-19)12-17-15(20)14-7-5-6-13(2)18-14/h5-7H,4,8-12H2,1-3H3,(H,17,20)/t16-/m1/s1. The molecule has 1 aromatic heterocycles. The zero-order valence-corrected chi connectivity index (χ0v) is 13.2. The van der Waals surface area contributed by atoms with E-state index in [9.17, 15) is 4.79 Å². The Morgan fingerprint density at radius 1 is 1.43 bits per heavy atom. The molecule has 0 bridgehead atoms. The molecule has 116 valence electrons. The highest BCUT2D eigenvalue weighted by Gasteiger charge is 2.31. The van der Waals surface area contributed by atoms with Crippen LogP contribution in [0.3, 0.4) is 0 Å². The van der Waals surface area contributed by atoms with Crippen molar-refractivity contribution in [3.8, 4) is 0 Å². The van der Waals surface area contributed by atoms with Crippen LogP contribution in [0.4, 0.5) is 0 Å². The minimum atomic E-state index is -0.105. The van der Waals surface area contributed by atoms with Crippen LogP contribution < -0.4 is 5.32 Å². The second-order valence-electron chi connectivity index (χ2n) is 5.80. The summed E-state index contributed by atoms with van der Waals surface area (Å²) in [5, 5.41) is 3.03. The van der Waals surface area contributed by atoms with E-state index in [0.717, 1.165) is 38.4 Å². The molecule has 1 atom stereocenters. The first-order chi connectivity index (χ1) is 10.0. The van der Waals surface area contributed by atoms with Gasteiger partial charge in [0.25, 0.3) is 5.91 Å². The fraction of sp³-hybridized carbons (Fsp3) is 0.625. The first kappa shape index (κ1) is 15.9. The Morgan fingerprint density at radius 2 is 2.14 bits per heavy atom. The number of pyridine rings is 1. The number of hydrogen-bond donors (Lipinski definition) is 1. The van der Waals surface area contributed by atoms with Crippen LogP contribution in [0.2, 0.25) is 0 Å². The monoisotopic (exact) mass is 291 g/mol. The average molecular weight is 291 g/mol. The summed E-state index contributed by atoms with van der Waals surface area (Å²) in [6.07, 6.45) is 0.981. The summed E-state index contributed by atoms with van der Waals surface area (Å²) < 4.78 is 5.41. The Balaban J connectivity index is 1.97. The molecule has 0 aliphatic carbocycles. The number of aryl methyl sites for hydroxylation is 1.